The van der Waals surface area contributed by atoms with Crippen LogP contribution in [0.4, 0.5) is 5.69 Å². The van der Waals surface area contributed by atoms with Crippen molar-refractivity contribution in [2.24, 2.45) is 0 Å². The Balaban J connectivity index is 1.67. The number of thioether (sulfide) groups is 1. The van der Waals surface area contributed by atoms with E-state index in [1.807, 2.05) is 36.1 Å². The van der Waals surface area contributed by atoms with Gasteiger partial charge in [-0.1, -0.05) is 41.9 Å². The molecule has 1 aromatic heterocycles. The molecule has 5 heteroatoms. The minimum Gasteiger partial charge on any atom is -0.341 e. The summed E-state index contributed by atoms with van der Waals surface area (Å²) in [5.74, 6) is 0.147. The molecule has 0 unspecified atom stereocenters. The van der Waals surface area contributed by atoms with Gasteiger partial charge < -0.3 is 4.57 Å². The lowest BCUT2D eigenvalue weighted by Crippen LogP contribution is -2.30. The molecule has 0 saturated carbocycles. The van der Waals surface area contributed by atoms with Crippen LogP contribution in [0.5, 0.6) is 0 Å². The first-order valence-corrected chi connectivity index (χ1v) is 11.2. The summed E-state index contributed by atoms with van der Waals surface area (Å²) in [6.45, 7) is 5.06. The lowest BCUT2D eigenvalue weighted by atomic mass is 10.1. The molecular weight excluding hydrogens is 400 g/mol. The van der Waals surface area contributed by atoms with Gasteiger partial charge in [0, 0.05) is 39.1 Å². The van der Waals surface area contributed by atoms with E-state index in [4.69, 9.17) is 11.6 Å². The maximum atomic E-state index is 13.1. The van der Waals surface area contributed by atoms with E-state index in [0.717, 1.165) is 17.8 Å². The first-order chi connectivity index (χ1) is 14.1. The topological polar surface area (TPSA) is 25.2 Å². The fraction of sp³-hybridized carbons (Fsp3) is 0.208. The highest BCUT2D eigenvalue weighted by Crippen LogP contribution is 2.46. The predicted molar refractivity (Wildman–Crippen MR) is 124 cm³/mol. The summed E-state index contributed by atoms with van der Waals surface area (Å²) in [4.78, 5) is 15.0. The maximum absolute atomic E-state index is 13.1. The van der Waals surface area contributed by atoms with Crippen molar-refractivity contribution >= 4 is 56.8 Å². The third-order valence-electron chi connectivity index (χ3n) is 5.66. The minimum absolute atomic E-state index is 0.0493. The Morgan fingerprint density at radius 3 is 2.45 bits per heavy atom. The number of halogens is 1. The Bertz CT molecular complexity index is 1230. The summed E-state index contributed by atoms with van der Waals surface area (Å²) in [5, 5.41) is 2.99. The van der Waals surface area contributed by atoms with E-state index in [9.17, 15) is 4.79 Å². The molecule has 3 nitrogen and oxygen atoms in total. The van der Waals surface area contributed by atoms with Gasteiger partial charge in [0.25, 0.3) is 0 Å². The number of hydrogen-bond donors (Lipinski definition) is 0. The van der Waals surface area contributed by atoms with Crippen molar-refractivity contribution in [1.82, 2.24) is 4.57 Å². The SMILES string of the molecule is CCn1c2ccccc2c2cc(N3C(=O)[C@H](C)S[C@H]3c3ccc(Cl)cc3)ccc21. The van der Waals surface area contributed by atoms with Gasteiger partial charge >= 0.3 is 0 Å². The van der Waals surface area contributed by atoms with Crippen molar-refractivity contribution in [2.45, 2.75) is 31.0 Å². The second-order valence-corrected chi connectivity index (χ2v) is 9.22. The van der Waals surface area contributed by atoms with E-state index in [-0.39, 0.29) is 16.5 Å². The van der Waals surface area contributed by atoms with Gasteiger partial charge in [-0.15, -0.1) is 11.8 Å². The predicted octanol–water partition coefficient (Wildman–Crippen LogP) is 6.63. The Hall–Kier alpha value is -2.43. The van der Waals surface area contributed by atoms with E-state index in [0.29, 0.717) is 5.02 Å². The number of amides is 1. The summed E-state index contributed by atoms with van der Waals surface area (Å²) in [6.07, 6.45) is 0. The molecule has 2 atom stereocenters. The molecule has 0 N–H and O–H groups in total. The van der Waals surface area contributed by atoms with Crippen LogP contribution in [0.25, 0.3) is 21.8 Å². The van der Waals surface area contributed by atoms with E-state index in [1.54, 1.807) is 11.8 Å². The Labute approximate surface area is 179 Å². The van der Waals surface area contributed by atoms with Crippen molar-refractivity contribution in [2.75, 3.05) is 4.90 Å². The second kappa shape index (κ2) is 7.12. The molecule has 1 aliphatic heterocycles. The molecule has 1 aliphatic rings. The summed E-state index contributed by atoms with van der Waals surface area (Å²) in [7, 11) is 0. The summed E-state index contributed by atoms with van der Waals surface area (Å²) in [6, 6.07) is 22.7. The average molecular weight is 421 g/mol. The molecule has 0 radical (unpaired) electrons. The lowest BCUT2D eigenvalue weighted by Gasteiger charge is -2.24. The average Bonchev–Trinajstić information content (AvgIpc) is 3.22. The molecule has 2 heterocycles. The zero-order valence-corrected chi connectivity index (χ0v) is 17.9. The summed E-state index contributed by atoms with van der Waals surface area (Å²) >= 11 is 7.76. The number of aryl methyl sites for hydroxylation is 1. The number of carbonyl (C=O) groups excluding carboxylic acids is 1. The van der Waals surface area contributed by atoms with Crippen LogP contribution in [0.1, 0.15) is 24.8 Å². The van der Waals surface area contributed by atoms with Gasteiger partial charge in [0.15, 0.2) is 0 Å². The molecule has 29 heavy (non-hydrogen) atoms. The Morgan fingerprint density at radius 1 is 0.966 bits per heavy atom. The van der Waals surface area contributed by atoms with E-state index in [2.05, 4.69) is 54.0 Å². The van der Waals surface area contributed by atoms with Crippen molar-refractivity contribution in [3.8, 4) is 0 Å². The number of benzene rings is 3. The molecule has 1 saturated heterocycles. The number of anilines is 1. The first kappa shape index (κ1) is 18.6. The molecule has 4 aromatic rings. The van der Waals surface area contributed by atoms with Crippen molar-refractivity contribution in [3.63, 3.8) is 0 Å². The summed E-state index contributed by atoms with van der Waals surface area (Å²) in [5.41, 5.74) is 4.46. The molecule has 1 amide bonds. The number of hydrogen-bond acceptors (Lipinski definition) is 2. The smallest absolute Gasteiger partial charge is 0.241 e. The highest BCUT2D eigenvalue weighted by atomic mass is 35.5. The van der Waals surface area contributed by atoms with E-state index >= 15 is 0 Å². The number of carbonyl (C=O) groups is 1. The standard InChI is InChI=1S/C24H21ClN2OS/c1-3-26-21-7-5-4-6-19(21)20-14-18(12-13-22(20)26)27-23(28)15(2)29-24(27)16-8-10-17(25)11-9-16/h4-15,24H,3H2,1-2H3/t15-,24-/m0/s1. The molecule has 146 valence electrons. The quantitative estimate of drug-likeness (QED) is 0.371. The number of nitrogens with zero attached hydrogens (tertiary/aromatic N) is 2. The minimum atomic E-state index is -0.0802. The Morgan fingerprint density at radius 2 is 1.69 bits per heavy atom. The van der Waals surface area contributed by atoms with Gasteiger partial charge in [-0.2, -0.15) is 0 Å². The molecule has 0 aliphatic carbocycles. The van der Waals surface area contributed by atoms with Crippen LogP contribution in [-0.2, 0) is 11.3 Å². The molecule has 1 fully saturated rings. The van der Waals surface area contributed by atoms with Gasteiger partial charge in [-0.05, 0) is 55.8 Å². The van der Waals surface area contributed by atoms with Gasteiger partial charge in [0.05, 0.1) is 5.25 Å². The van der Waals surface area contributed by atoms with Crippen molar-refractivity contribution < 1.29 is 4.79 Å². The Kier molecular flexibility index (Phi) is 4.56. The number of rotatable bonds is 3. The number of para-hydroxylation sites is 1. The zero-order chi connectivity index (χ0) is 20.1. The first-order valence-electron chi connectivity index (χ1n) is 9.83. The van der Waals surface area contributed by atoms with Crippen molar-refractivity contribution in [1.29, 1.82) is 0 Å². The van der Waals surface area contributed by atoms with E-state index in [1.165, 1.54) is 21.8 Å². The molecule has 3 aromatic carbocycles. The fourth-order valence-electron chi connectivity index (χ4n) is 4.27. The van der Waals surface area contributed by atoms with Gasteiger partial charge in [0.2, 0.25) is 5.91 Å². The third-order valence-corrected chi connectivity index (χ3v) is 7.26. The van der Waals surface area contributed by atoms with Crippen LogP contribution in [0.3, 0.4) is 0 Å². The monoisotopic (exact) mass is 420 g/mol. The van der Waals surface area contributed by atoms with Gasteiger partial charge in [0.1, 0.15) is 5.37 Å². The molecule has 0 bridgehead atoms. The zero-order valence-electron chi connectivity index (χ0n) is 16.3. The normalized spacial score (nSPS) is 19.6. The molecule has 0 spiro atoms. The van der Waals surface area contributed by atoms with Crippen LogP contribution in [0.15, 0.2) is 66.7 Å². The van der Waals surface area contributed by atoms with E-state index < -0.39 is 0 Å². The van der Waals surface area contributed by atoms with Gasteiger partial charge in [-0.25, -0.2) is 0 Å². The molecule has 5 rings (SSSR count). The largest absolute Gasteiger partial charge is 0.341 e. The fourth-order valence-corrected chi connectivity index (χ4v) is 5.68. The maximum Gasteiger partial charge on any atom is 0.241 e. The second-order valence-electron chi connectivity index (χ2n) is 7.35. The van der Waals surface area contributed by atoms with Crippen molar-refractivity contribution in [3.05, 3.63) is 77.3 Å². The van der Waals surface area contributed by atoms with Crippen LogP contribution < -0.4 is 4.90 Å². The third kappa shape index (κ3) is 2.93. The highest BCUT2D eigenvalue weighted by molar-refractivity contribution is 8.01. The number of aromatic nitrogens is 1. The lowest BCUT2D eigenvalue weighted by molar-refractivity contribution is -0.117. The molecular formula is C24H21ClN2OS. The highest BCUT2D eigenvalue weighted by Gasteiger charge is 2.39. The van der Waals surface area contributed by atoms with Crippen LogP contribution in [0, 0.1) is 0 Å². The van der Waals surface area contributed by atoms with Crippen LogP contribution in [-0.4, -0.2) is 15.7 Å². The van der Waals surface area contributed by atoms with Gasteiger partial charge in [-0.3, -0.25) is 9.69 Å². The summed E-state index contributed by atoms with van der Waals surface area (Å²) < 4.78 is 2.33. The van der Waals surface area contributed by atoms with Crippen LogP contribution in [0.2, 0.25) is 5.02 Å². The number of fused-ring (bicyclic) bond motifs is 3. The van der Waals surface area contributed by atoms with Crippen LogP contribution >= 0.6 is 23.4 Å².